The number of thiazole rings is 1. The second-order valence-electron chi connectivity index (χ2n) is 5.94. The number of morpholine rings is 1. The number of aromatic nitrogens is 3. The van der Waals surface area contributed by atoms with Crippen LogP contribution in [0.2, 0.25) is 0 Å². The summed E-state index contributed by atoms with van der Waals surface area (Å²) in [6.07, 6.45) is 1.44. The van der Waals surface area contributed by atoms with Crippen molar-refractivity contribution in [2.75, 3.05) is 40.5 Å². The quantitative estimate of drug-likeness (QED) is 0.729. The van der Waals surface area contributed by atoms with Gasteiger partial charge in [-0.05, 0) is 17.7 Å². The maximum atomic E-state index is 10.7. The van der Waals surface area contributed by atoms with Crippen molar-refractivity contribution in [3.05, 3.63) is 35.0 Å². The van der Waals surface area contributed by atoms with Crippen molar-refractivity contribution >= 4 is 16.3 Å². The summed E-state index contributed by atoms with van der Waals surface area (Å²) in [5.41, 5.74) is 0.975. The molecule has 0 aliphatic carbocycles. The predicted octanol–water partition coefficient (Wildman–Crippen LogP) is 1.94. The van der Waals surface area contributed by atoms with Crippen molar-refractivity contribution in [3.8, 4) is 17.4 Å². The fourth-order valence-corrected chi connectivity index (χ4v) is 4.31. The van der Waals surface area contributed by atoms with Crippen LogP contribution in [0.1, 0.15) is 16.5 Å². The topological polar surface area (TPSA) is 81.4 Å². The molecule has 1 unspecified atom stereocenters. The summed E-state index contributed by atoms with van der Waals surface area (Å²) in [6, 6.07) is 5.61. The number of hydrogen-bond acceptors (Lipinski definition) is 8. The molecule has 0 radical (unpaired) electrons. The van der Waals surface area contributed by atoms with Gasteiger partial charge in [0.1, 0.15) is 17.8 Å². The van der Waals surface area contributed by atoms with Crippen LogP contribution in [0.15, 0.2) is 24.5 Å². The van der Waals surface area contributed by atoms with Gasteiger partial charge in [-0.2, -0.15) is 9.61 Å². The fraction of sp³-hybridized carbons (Fsp3) is 0.412. The zero-order valence-electron chi connectivity index (χ0n) is 14.6. The summed E-state index contributed by atoms with van der Waals surface area (Å²) in [5.74, 6) is 1.52. The Labute approximate surface area is 154 Å². The highest BCUT2D eigenvalue weighted by molar-refractivity contribution is 7.17. The van der Waals surface area contributed by atoms with Gasteiger partial charge < -0.3 is 19.3 Å². The summed E-state index contributed by atoms with van der Waals surface area (Å²) in [7, 11) is 3.26. The van der Waals surface area contributed by atoms with Crippen molar-refractivity contribution < 1.29 is 19.3 Å². The lowest BCUT2D eigenvalue weighted by Gasteiger charge is -2.34. The van der Waals surface area contributed by atoms with E-state index in [2.05, 4.69) is 15.0 Å². The molecule has 8 nitrogen and oxygen atoms in total. The molecule has 1 aromatic carbocycles. The molecule has 2 aromatic heterocycles. The summed E-state index contributed by atoms with van der Waals surface area (Å²) in [6.45, 7) is 2.83. The van der Waals surface area contributed by atoms with Gasteiger partial charge in [-0.25, -0.2) is 4.98 Å². The molecule has 0 saturated carbocycles. The molecule has 1 fully saturated rings. The fourth-order valence-electron chi connectivity index (χ4n) is 3.22. The van der Waals surface area contributed by atoms with Crippen molar-refractivity contribution in [3.63, 3.8) is 0 Å². The molecule has 0 spiro atoms. The van der Waals surface area contributed by atoms with Crippen LogP contribution in [-0.4, -0.2) is 65.1 Å². The Morgan fingerprint density at radius 3 is 2.46 bits per heavy atom. The van der Waals surface area contributed by atoms with E-state index < -0.39 is 0 Å². The molecule has 3 aromatic rings. The number of methoxy groups -OCH3 is 2. The van der Waals surface area contributed by atoms with Crippen molar-refractivity contribution in [1.29, 1.82) is 0 Å². The first-order valence-electron chi connectivity index (χ1n) is 8.27. The number of ether oxygens (including phenoxy) is 3. The van der Waals surface area contributed by atoms with Gasteiger partial charge in [0, 0.05) is 19.2 Å². The molecular weight excluding hydrogens is 356 g/mol. The molecule has 1 aliphatic heterocycles. The average molecular weight is 376 g/mol. The third kappa shape index (κ3) is 2.98. The van der Waals surface area contributed by atoms with Gasteiger partial charge in [0.25, 0.3) is 0 Å². The zero-order chi connectivity index (χ0) is 18.1. The van der Waals surface area contributed by atoms with E-state index in [-0.39, 0.29) is 11.9 Å². The number of aromatic hydroxyl groups is 1. The zero-order valence-corrected chi connectivity index (χ0v) is 15.4. The van der Waals surface area contributed by atoms with E-state index in [4.69, 9.17) is 14.2 Å². The SMILES string of the molecule is COc1cc(OC)cc(C(c2sc3ncnn3c2O)N2CCOCC2)c1. The predicted molar refractivity (Wildman–Crippen MR) is 96.3 cm³/mol. The molecule has 3 heterocycles. The lowest BCUT2D eigenvalue weighted by molar-refractivity contribution is 0.0240. The van der Waals surface area contributed by atoms with Crippen LogP contribution < -0.4 is 9.47 Å². The molecule has 1 saturated heterocycles. The Bertz CT molecular complexity index is 881. The second kappa shape index (κ2) is 7.10. The molecule has 26 heavy (non-hydrogen) atoms. The number of nitrogens with zero attached hydrogens (tertiary/aromatic N) is 4. The maximum absolute atomic E-state index is 10.7. The molecule has 0 amide bonds. The minimum atomic E-state index is -0.170. The lowest BCUT2D eigenvalue weighted by Crippen LogP contribution is -2.39. The standard InChI is InChI=1S/C17H20N4O4S/c1-23-12-7-11(8-13(9-12)24-2)14(20-3-5-25-6-4-20)15-16(22)21-17(26-15)18-10-19-21/h7-10,14,22H,3-6H2,1-2H3. The summed E-state index contributed by atoms with van der Waals surface area (Å²) in [4.78, 5) is 7.93. The molecule has 9 heteroatoms. The van der Waals surface area contributed by atoms with Gasteiger partial charge in [-0.15, -0.1) is 0 Å². The first-order chi connectivity index (χ1) is 12.7. The van der Waals surface area contributed by atoms with Crippen molar-refractivity contribution in [1.82, 2.24) is 19.5 Å². The van der Waals surface area contributed by atoms with Crippen LogP contribution in [0.3, 0.4) is 0 Å². The van der Waals surface area contributed by atoms with Crippen LogP contribution in [-0.2, 0) is 4.74 Å². The van der Waals surface area contributed by atoms with Crippen molar-refractivity contribution in [2.45, 2.75) is 6.04 Å². The van der Waals surface area contributed by atoms with E-state index in [0.717, 1.165) is 23.5 Å². The third-order valence-electron chi connectivity index (χ3n) is 4.49. The number of rotatable bonds is 5. The molecule has 4 rings (SSSR count). The first kappa shape index (κ1) is 17.1. The summed E-state index contributed by atoms with van der Waals surface area (Å²) < 4.78 is 17.8. The largest absolute Gasteiger partial charge is 0.497 e. The van der Waals surface area contributed by atoms with Gasteiger partial charge in [0.2, 0.25) is 10.8 Å². The normalized spacial score (nSPS) is 16.7. The highest BCUT2D eigenvalue weighted by atomic mass is 32.1. The van der Waals surface area contributed by atoms with Crippen LogP contribution in [0.5, 0.6) is 17.4 Å². The molecule has 1 aliphatic rings. The summed E-state index contributed by atoms with van der Waals surface area (Å²) in [5, 5.41) is 14.8. The number of fused-ring (bicyclic) bond motifs is 1. The molecule has 1 atom stereocenters. The first-order valence-corrected chi connectivity index (χ1v) is 9.09. The molecule has 1 N–H and O–H groups in total. The Kier molecular flexibility index (Phi) is 4.66. The van der Waals surface area contributed by atoms with E-state index in [1.807, 2.05) is 18.2 Å². The van der Waals surface area contributed by atoms with Gasteiger partial charge >= 0.3 is 0 Å². The van der Waals surface area contributed by atoms with Crippen LogP contribution >= 0.6 is 11.3 Å². The minimum absolute atomic E-state index is 0.112. The second-order valence-corrected chi connectivity index (χ2v) is 6.95. The highest BCUT2D eigenvalue weighted by Gasteiger charge is 2.31. The smallest absolute Gasteiger partial charge is 0.230 e. The monoisotopic (exact) mass is 376 g/mol. The molecule has 138 valence electrons. The number of hydrogen-bond donors (Lipinski definition) is 1. The van der Waals surface area contributed by atoms with E-state index in [1.54, 1.807) is 14.2 Å². The van der Waals surface area contributed by atoms with E-state index in [1.165, 1.54) is 22.2 Å². The minimum Gasteiger partial charge on any atom is -0.497 e. The number of benzene rings is 1. The van der Waals surface area contributed by atoms with Gasteiger partial charge in [-0.1, -0.05) is 11.3 Å². The van der Waals surface area contributed by atoms with Gasteiger partial charge in [0.15, 0.2) is 0 Å². The van der Waals surface area contributed by atoms with Crippen LogP contribution in [0.25, 0.3) is 4.96 Å². The molecular formula is C17H20N4O4S. The van der Waals surface area contributed by atoms with E-state index in [0.29, 0.717) is 29.7 Å². The highest BCUT2D eigenvalue weighted by Crippen LogP contribution is 2.41. The van der Waals surface area contributed by atoms with Crippen LogP contribution in [0, 0.1) is 0 Å². The Hall–Kier alpha value is -2.36. The Morgan fingerprint density at radius 1 is 1.15 bits per heavy atom. The average Bonchev–Trinajstić information content (AvgIpc) is 3.26. The van der Waals surface area contributed by atoms with Crippen LogP contribution in [0.4, 0.5) is 0 Å². The lowest BCUT2D eigenvalue weighted by atomic mass is 10.0. The third-order valence-corrected chi connectivity index (χ3v) is 5.57. The maximum Gasteiger partial charge on any atom is 0.230 e. The summed E-state index contributed by atoms with van der Waals surface area (Å²) >= 11 is 1.43. The van der Waals surface area contributed by atoms with Gasteiger partial charge in [-0.3, -0.25) is 4.90 Å². The van der Waals surface area contributed by atoms with Gasteiger partial charge in [0.05, 0.1) is 38.4 Å². The van der Waals surface area contributed by atoms with E-state index >= 15 is 0 Å². The Balaban J connectivity index is 1.85. The van der Waals surface area contributed by atoms with E-state index in [9.17, 15) is 5.11 Å². The Morgan fingerprint density at radius 2 is 1.85 bits per heavy atom. The molecule has 0 bridgehead atoms. The van der Waals surface area contributed by atoms with Crippen molar-refractivity contribution in [2.24, 2.45) is 0 Å².